The standard InChI is InChI=1S/C14H14N2O4/c1-8-9(10-7-11(14(17)18)16-15-10)3-4-12-13(8)20-6-2-5-19-12/h3-4,7H,2,5-6H2,1H3,(H,15,16)(H,17,18). The van der Waals surface area contributed by atoms with Crippen LogP contribution in [-0.2, 0) is 0 Å². The van der Waals surface area contributed by atoms with Gasteiger partial charge in [0, 0.05) is 17.5 Å². The van der Waals surface area contributed by atoms with E-state index in [1.54, 1.807) is 0 Å². The molecule has 1 aromatic carbocycles. The molecule has 1 aromatic heterocycles. The Labute approximate surface area is 115 Å². The average Bonchev–Trinajstić information content (AvgIpc) is 2.78. The van der Waals surface area contributed by atoms with Crippen LogP contribution in [0.4, 0.5) is 0 Å². The van der Waals surface area contributed by atoms with E-state index in [0.717, 1.165) is 23.3 Å². The van der Waals surface area contributed by atoms with Crippen LogP contribution in [0.2, 0.25) is 0 Å². The SMILES string of the molecule is Cc1c(-c2cc(C(=O)O)[nH]n2)ccc2c1OCCCO2. The molecule has 2 aromatic rings. The van der Waals surface area contributed by atoms with E-state index in [1.807, 2.05) is 19.1 Å². The summed E-state index contributed by atoms with van der Waals surface area (Å²) in [7, 11) is 0. The Morgan fingerprint density at radius 3 is 2.90 bits per heavy atom. The normalized spacial score (nSPS) is 13.8. The quantitative estimate of drug-likeness (QED) is 0.877. The first-order valence-corrected chi connectivity index (χ1v) is 6.35. The highest BCUT2D eigenvalue weighted by Crippen LogP contribution is 2.38. The van der Waals surface area contributed by atoms with Gasteiger partial charge in [-0.1, -0.05) is 0 Å². The molecule has 0 unspecified atom stereocenters. The molecule has 0 saturated heterocycles. The molecular formula is C14H14N2O4. The van der Waals surface area contributed by atoms with Crippen molar-refractivity contribution in [3.63, 3.8) is 0 Å². The van der Waals surface area contributed by atoms with Gasteiger partial charge in [0.05, 0.1) is 18.9 Å². The van der Waals surface area contributed by atoms with E-state index >= 15 is 0 Å². The molecule has 0 atom stereocenters. The minimum Gasteiger partial charge on any atom is -0.490 e. The molecule has 0 spiro atoms. The van der Waals surface area contributed by atoms with Crippen molar-refractivity contribution in [2.75, 3.05) is 13.2 Å². The van der Waals surface area contributed by atoms with E-state index in [4.69, 9.17) is 14.6 Å². The molecule has 2 heterocycles. The number of carboxylic acids is 1. The number of benzene rings is 1. The molecule has 0 amide bonds. The van der Waals surface area contributed by atoms with Crippen LogP contribution in [0.25, 0.3) is 11.3 Å². The molecule has 0 aliphatic carbocycles. The van der Waals surface area contributed by atoms with Gasteiger partial charge in [-0.15, -0.1) is 0 Å². The van der Waals surface area contributed by atoms with Crippen LogP contribution in [0.5, 0.6) is 11.5 Å². The van der Waals surface area contributed by atoms with Gasteiger partial charge in [-0.05, 0) is 25.1 Å². The maximum Gasteiger partial charge on any atom is 0.353 e. The molecular weight excluding hydrogens is 260 g/mol. The topological polar surface area (TPSA) is 84.4 Å². The molecule has 3 rings (SSSR count). The number of fused-ring (bicyclic) bond motifs is 1. The smallest absolute Gasteiger partial charge is 0.353 e. The van der Waals surface area contributed by atoms with Gasteiger partial charge in [0.1, 0.15) is 5.69 Å². The largest absolute Gasteiger partial charge is 0.490 e. The van der Waals surface area contributed by atoms with E-state index in [9.17, 15) is 4.79 Å². The minimum absolute atomic E-state index is 0.0616. The number of aromatic carboxylic acids is 1. The Balaban J connectivity index is 2.05. The lowest BCUT2D eigenvalue weighted by Crippen LogP contribution is -1.98. The molecule has 6 heteroatoms. The van der Waals surface area contributed by atoms with Gasteiger partial charge in [0.15, 0.2) is 11.5 Å². The van der Waals surface area contributed by atoms with E-state index in [1.165, 1.54) is 6.07 Å². The molecule has 0 saturated carbocycles. The van der Waals surface area contributed by atoms with Gasteiger partial charge in [-0.2, -0.15) is 5.10 Å². The lowest BCUT2D eigenvalue weighted by Gasteiger charge is -2.12. The number of nitrogens with one attached hydrogen (secondary N) is 1. The molecule has 2 N–H and O–H groups in total. The van der Waals surface area contributed by atoms with Crippen molar-refractivity contribution in [1.29, 1.82) is 0 Å². The van der Waals surface area contributed by atoms with Crippen molar-refractivity contribution < 1.29 is 19.4 Å². The summed E-state index contributed by atoms with van der Waals surface area (Å²) in [5, 5.41) is 15.5. The van der Waals surface area contributed by atoms with Gasteiger partial charge in [0.25, 0.3) is 0 Å². The summed E-state index contributed by atoms with van der Waals surface area (Å²) in [6.45, 7) is 3.16. The average molecular weight is 274 g/mol. The maximum atomic E-state index is 10.9. The predicted molar refractivity (Wildman–Crippen MR) is 71.3 cm³/mol. The fourth-order valence-corrected chi connectivity index (χ4v) is 2.22. The Bertz CT molecular complexity index is 663. The van der Waals surface area contributed by atoms with Crippen molar-refractivity contribution in [3.05, 3.63) is 29.5 Å². The van der Waals surface area contributed by atoms with Crippen molar-refractivity contribution in [3.8, 4) is 22.8 Å². The van der Waals surface area contributed by atoms with Crippen LogP contribution >= 0.6 is 0 Å². The number of aromatic nitrogens is 2. The van der Waals surface area contributed by atoms with Crippen molar-refractivity contribution in [2.24, 2.45) is 0 Å². The van der Waals surface area contributed by atoms with E-state index in [0.29, 0.717) is 24.7 Å². The van der Waals surface area contributed by atoms with Crippen LogP contribution in [0.1, 0.15) is 22.5 Å². The number of carbonyl (C=O) groups is 1. The first-order chi connectivity index (χ1) is 9.66. The van der Waals surface area contributed by atoms with Gasteiger partial charge in [-0.25, -0.2) is 4.79 Å². The Hall–Kier alpha value is -2.50. The second-order valence-electron chi connectivity index (χ2n) is 4.59. The van der Waals surface area contributed by atoms with Crippen molar-refractivity contribution in [2.45, 2.75) is 13.3 Å². The fourth-order valence-electron chi connectivity index (χ4n) is 2.22. The summed E-state index contributed by atoms with van der Waals surface area (Å²) in [5.74, 6) is 0.397. The number of aromatic amines is 1. The van der Waals surface area contributed by atoms with Crippen molar-refractivity contribution >= 4 is 5.97 Å². The number of H-pyrrole nitrogens is 1. The predicted octanol–water partition coefficient (Wildman–Crippen LogP) is 2.24. The van der Waals surface area contributed by atoms with Crippen LogP contribution in [-0.4, -0.2) is 34.5 Å². The number of rotatable bonds is 2. The third kappa shape index (κ3) is 2.09. The zero-order valence-electron chi connectivity index (χ0n) is 11.0. The van der Waals surface area contributed by atoms with Crippen molar-refractivity contribution in [1.82, 2.24) is 10.2 Å². The maximum absolute atomic E-state index is 10.9. The molecule has 0 radical (unpaired) electrons. The molecule has 20 heavy (non-hydrogen) atoms. The monoisotopic (exact) mass is 274 g/mol. The van der Waals surface area contributed by atoms with E-state index in [-0.39, 0.29) is 5.69 Å². The number of ether oxygens (including phenoxy) is 2. The van der Waals surface area contributed by atoms with Gasteiger partial charge >= 0.3 is 5.97 Å². The van der Waals surface area contributed by atoms with E-state index < -0.39 is 5.97 Å². The minimum atomic E-state index is -1.03. The molecule has 6 nitrogen and oxygen atoms in total. The second kappa shape index (κ2) is 4.88. The highest BCUT2D eigenvalue weighted by atomic mass is 16.5. The summed E-state index contributed by atoms with van der Waals surface area (Å²) in [6, 6.07) is 5.21. The van der Waals surface area contributed by atoms with Gasteiger partial charge < -0.3 is 14.6 Å². The summed E-state index contributed by atoms with van der Waals surface area (Å²) < 4.78 is 11.3. The first kappa shape index (κ1) is 12.5. The zero-order valence-corrected chi connectivity index (χ0v) is 11.0. The Morgan fingerprint density at radius 1 is 1.35 bits per heavy atom. The lowest BCUT2D eigenvalue weighted by molar-refractivity contribution is 0.0690. The fraction of sp³-hybridized carbons (Fsp3) is 0.286. The van der Waals surface area contributed by atoms with Gasteiger partial charge in [-0.3, -0.25) is 5.10 Å². The molecule has 1 aliphatic rings. The Morgan fingerprint density at radius 2 is 2.15 bits per heavy atom. The lowest BCUT2D eigenvalue weighted by atomic mass is 10.0. The third-order valence-electron chi connectivity index (χ3n) is 3.25. The summed E-state index contributed by atoms with van der Waals surface area (Å²) in [5.41, 5.74) is 2.37. The molecule has 0 bridgehead atoms. The van der Waals surface area contributed by atoms with Crippen LogP contribution in [0.15, 0.2) is 18.2 Å². The summed E-state index contributed by atoms with van der Waals surface area (Å²) >= 11 is 0. The first-order valence-electron chi connectivity index (χ1n) is 6.35. The zero-order chi connectivity index (χ0) is 14.1. The van der Waals surface area contributed by atoms with Crippen LogP contribution in [0.3, 0.4) is 0 Å². The van der Waals surface area contributed by atoms with Crippen LogP contribution in [0, 0.1) is 6.92 Å². The molecule has 1 aliphatic heterocycles. The molecule has 104 valence electrons. The number of carboxylic acid groups (broad SMARTS) is 1. The molecule has 0 fully saturated rings. The van der Waals surface area contributed by atoms with E-state index in [2.05, 4.69) is 10.2 Å². The van der Waals surface area contributed by atoms with Gasteiger partial charge in [0.2, 0.25) is 0 Å². The number of nitrogens with zero attached hydrogens (tertiary/aromatic N) is 1. The second-order valence-corrected chi connectivity index (χ2v) is 4.59. The highest BCUT2D eigenvalue weighted by molar-refractivity contribution is 5.87. The highest BCUT2D eigenvalue weighted by Gasteiger charge is 2.18. The number of hydrogen-bond donors (Lipinski definition) is 2. The Kier molecular flexibility index (Phi) is 3.06. The summed E-state index contributed by atoms with van der Waals surface area (Å²) in [4.78, 5) is 10.9. The summed E-state index contributed by atoms with van der Waals surface area (Å²) in [6.07, 6.45) is 0.842. The third-order valence-corrected chi connectivity index (χ3v) is 3.25. The number of hydrogen-bond acceptors (Lipinski definition) is 4. The van der Waals surface area contributed by atoms with Crippen LogP contribution < -0.4 is 9.47 Å².